The van der Waals surface area contributed by atoms with Crippen LogP contribution in [0.3, 0.4) is 0 Å². The summed E-state index contributed by atoms with van der Waals surface area (Å²) in [7, 11) is 0. The van der Waals surface area contributed by atoms with Crippen molar-refractivity contribution in [3.8, 4) is 0 Å². The van der Waals surface area contributed by atoms with Crippen LogP contribution < -0.4 is 10.6 Å². The van der Waals surface area contributed by atoms with Gasteiger partial charge in [-0.15, -0.1) is 0 Å². The summed E-state index contributed by atoms with van der Waals surface area (Å²) in [5.41, 5.74) is 2.13. The van der Waals surface area contributed by atoms with Crippen molar-refractivity contribution >= 4 is 11.6 Å². The number of rotatable bonds is 2. The molecule has 3 rings (SSSR count). The molecular formula is C17H24N2O2. The van der Waals surface area contributed by atoms with Crippen molar-refractivity contribution in [2.45, 2.75) is 56.6 Å². The van der Waals surface area contributed by atoms with Crippen molar-refractivity contribution in [1.82, 2.24) is 5.32 Å². The van der Waals surface area contributed by atoms with Gasteiger partial charge < -0.3 is 15.7 Å². The van der Waals surface area contributed by atoms with Crippen molar-refractivity contribution in [2.75, 3.05) is 11.9 Å². The van der Waals surface area contributed by atoms with E-state index in [1.807, 2.05) is 24.3 Å². The zero-order valence-electron chi connectivity index (χ0n) is 12.3. The molecular weight excluding hydrogens is 264 g/mol. The molecule has 1 aromatic carbocycles. The van der Waals surface area contributed by atoms with Crippen LogP contribution >= 0.6 is 0 Å². The normalized spacial score (nSPS) is 28.9. The van der Waals surface area contributed by atoms with Gasteiger partial charge in [-0.1, -0.05) is 37.5 Å². The summed E-state index contributed by atoms with van der Waals surface area (Å²) in [4.78, 5) is 12.6. The Balaban J connectivity index is 1.71. The summed E-state index contributed by atoms with van der Waals surface area (Å²) < 4.78 is 0. The minimum Gasteiger partial charge on any atom is -0.391 e. The minimum atomic E-state index is -0.395. The number of para-hydroxylation sites is 1. The molecule has 0 aromatic heterocycles. The molecule has 1 saturated carbocycles. The van der Waals surface area contributed by atoms with Crippen molar-refractivity contribution in [2.24, 2.45) is 0 Å². The van der Waals surface area contributed by atoms with Gasteiger partial charge in [0.05, 0.1) is 18.1 Å². The van der Waals surface area contributed by atoms with Gasteiger partial charge in [0, 0.05) is 12.2 Å². The van der Waals surface area contributed by atoms with Crippen LogP contribution in [0.1, 0.15) is 50.0 Å². The SMILES string of the molecule is O=C(NC1CCCCCC1O)C1CCNc2ccccc21. The van der Waals surface area contributed by atoms with E-state index < -0.39 is 6.10 Å². The summed E-state index contributed by atoms with van der Waals surface area (Å²) in [6, 6.07) is 7.93. The molecule has 4 heteroatoms. The maximum absolute atomic E-state index is 12.6. The number of benzene rings is 1. The smallest absolute Gasteiger partial charge is 0.227 e. The van der Waals surface area contributed by atoms with E-state index in [1.165, 1.54) is 0 Å². The van der Waals surface area contributed by atoms with E-state index in [0.29, 0.717) is 0 Å². The highest BCUT2D eigenvalue weighted by molar-refractivity contribution is 5.86. The quantitative estimate of drug-likeness (QED) is 0.732. The lowest BCUT2D eigenvalue weighted by Crippen LogP contribution is -2.45. The molecule has 114 valence electrons. The van der Waals surface area contributed by atoms with Gasteiger partial charge >= 0.3 is 0 Å². The first-order valence-corrected chi connectivity index (χ1v) is 8.07. The Bertz CT molecular complexity index is 503. The third-order valence-corrected chi connectivity index (χ3v) is 4.71. The first-order valence-electron chi connectivity index (χ1n) is 8.07. The number of aliphatic hydroxyl groups excluding tert-OH is 1. The highest BCUT2D eigenvalue weighted by atomic mass is 16.3. The Labute approximate surface area is 125 Å². The van der Waals surface area contributed by atoms with Crippen LogP contribution in [0.5, 0.6) is 0 Å². The first kappa shape index (κ1) is 14.4. The van der Waals surface area contributed by atoms with Gasteiger partial charge in [0.1, 0.15) is 0 Å². The van der Waals surface area contributed by atoms with Crippen LogP contribution in [0.25, 0.3) is 0 Å². The van der Waals surface area contributed by atoms with Gasteiger partial charge in [-0.3, -0.25) is 4.79 Å². The van der Waals surface area contributed by atoms with Crippen LogP contribution in [-0.2, 0) is 4.79 Å². The molecule has 0 radical (unpaired) electrons. The molecule has 1 amide bonds. The van der Waals surface area contributed by atoms with Crippen LogP contribution in [0.2, 0.25) is 0 Å². The number of aliphatic hydroxyl groups is 1. The van der Waals surface area contributed by atoms with Crippen LogP contribution in [0, 0.1) is 0 Å². The fourth-order valence-corrected chi connectivity index (χ4v) is 3.48. The molecule has 1 aliphatic heterocycles. The average Bonchev–Trinajstić information content (AvgIpc) is 2.71. The molecule has 1 aromatic rings. The van der Waals surface area contributed by atoms with Gasteiger partial charge in [-0.2, -0.15) is 0 Å². The Morgan fingerprint density at radius 2 is 1.95 bits per heavy atom. The molecule has 4 nitrogen and oxygen atoms in total. The third-order valence-electron chi connectivity index (χ3n) is 4.71. The molecule has 1 heterocycles. The van der Waals surface area contributed by atoms with Gasteiger partial charge in [0.15, 0.2) is 0 Å². The van der Waals surface area contributed by atoms with Crippen LogP contribution in [-0.4, -0.2) is 29.7 Å². The number of anilines is 1. The standard InChI is InChI=1S/C17H24N2O2/c20-16-9-3-1-2-8-15(16)19-17(21)13-10-11-18-14-7-5-4-6-12(13)14/h4-7,13,15-16,18,20H,1-3,8-11H2,(H,19,21). The van der Waals surface area contributed by atoms with Gasteiger partial charge in [0.25, 0.3) is 0 Å². The highest BCUT2D eigenvalue weighted by Gasteiger charge is 2.30. The second-order valence-corrected chi connectivity index (χ2v) is 6.18. The Kier molecular flexibility index (Phi) is 4.44. The predicted molar refractivity (Wildman–Crippen MR) is 83.3 cm³/mol. The van der Waals surface area contributed by atoms with E-state index >= 15 is 0 Å². The van der Waals surface area contributed by atoms with E-state index in [4.69, 9.17) is 0 Å². The zero-order chi connectivity index (χ0) is 14.7. The number of hydrogen-bond donors (Lipinski definition) is 3. The largest absolute Gasteiger partial charge is 0.391 e. The Hall–Kier alpha value is -1.55. The maximum atomic E-state index is 12.6. The van der Waals surface area contributed by atoms with E-state index in [2.05, 4.69) is 10.6 Å². The molecule has 0 bridgehead atoms. The van der Waals surface area contributed by atoms with Gasteiger partial charge in [-0.25, -0.2) is 0 Å². The second-order valence-electron chi connectivity index (χ2n) is 6.18. The molecule has 0 saturated heterocycles. The summed E-state index contributed by atoms with van der Waals surface area (Å²) >= 11 is 0. The number of amides is 1. The van der Waals surface area contributed by atoms with E-state index in [9.17, 15) is 9.90 Å². The monoisotopic (exact) mass is 288 g/mol. The van der Waals surface area contributed by atoms with Crippen LogP contribution in [0.15, 0.2) is 24.3 Å². The lowest BCUT2D eigenvalue weighted by atomic mass is 9.89. The second kappa shape index (κ2) is 6.48. The molecule has 1 aliphatic carbocycles. The van der Waals surface area contributed by atoms with E-state index in [-0.39, 0.29) is 17.9 Å². The molecule has 3 unspecified atom stereocenters. The molecule has 3 N–H and O–H groups in total. The highest BCUT2D eigenvalue weighted by Crippen LogP contribution is 2.31. The first-order chi connectivity index (χ1) is 10.3. The number of carbonyl (C=O) groups is 1. The number of nitrogens with one attached hydrogen (secondary N) is 2. The number of hydrogen-bond acceptors (Lipinski definition) is 3. The molecule has 2 aliphatic rings. The molecule has 0 spiro atoms. The van der Waals surface area contributed by atoms with E-state index in [0.717, 1.165) is 56.3 Å². The summed E-state index contributed by atoms with van der Waals surface area (Å²) in [5.74, 6) is -0.0344. The molecule has 3 atom stereocenters. The Morgan fingerprint density at radius 1 is 1.14 bits per heavy atom. The van der Waals surface area contributed by atoms with Crippen molar-refractivity contribution in [1.29, 1.82) is 0 Å². The zero-order valence-corrected chi connectivity index (χ0v) is 12.3. The number of carbonyl (C=O) groups excluding carboxylic acids is 1. The lowest BCUT2D eigenvalue weighted by molar-refractivity contribution is -0.124. The van der Waals surface area contributed by atoms with Gasteiger partial charge in [0.2, 0.25) is 5.91 Å². The lowest BCUT2D eigenvalue weighted by Gasteiger charge is -2.29. The summed E-state index contributed by atoms with van der Waals surface area (Å²) in [6.45, 7) is 0.822. The molecule has 1 fully saturated rings. The van der Waals surface area contributed by atoms with Crippen molar-refractivity contribution in [3.05, 3.63) is 29.8 Å². The maximum Gasteiger partial charge on any atom is 0.227 e. The van der Waals surface area contributed by atoms with Gasteiger partial charge in [-0.05, 0) is 30.9 Å². The van der Waals surface area contributed by atoms with Crippen molar-refractivity contribution in [3.63, 3.8) is 0 Å². The predicted octanol–water partition coefficient (Wildman–Crippen LogP) is 2.40. The average molecular weight is 288 g/mol. The fraction of sp³-hybridized carbons (Fsp3) is 0.588. The van der Waals surface area contributed by atoms with Crippen molar-refractivity contribution < 1.29 is 9.90 Å². The third kappa shape index (κ3) is 3.21. The molecule has 21 heavy (non-hydrogen) atoms. The number of fused-ring (bicyclic) bond motifs is 1. The van der Waals surface area contributed by atoms with E-state index in [1.54, 1.807) is 0 Å². The van der Waals surface area contributed by atoms with Crippen LogP contribution in [0.4, 0.5) is 5.69 Å². The fourth-order valence-electron chi connectivity index (χ4n) is 3.48. The Morgan fingerprint density at radius 3 is 2.86 bits per heavy atom. The summed E-state index contributed by atoms with van der Waals surface area (Å²) in [6.07, 6.45) is 5.40. The topological polar surface area (TPSA) is 61.4 Å². The minimum absolute atomic E-state index is 0.0647. The summed E-state index contributed by atoms with van der Waals surface area (Å²) in [5, 5.41) is 16.6.